The van der Waals surface area contributed by atoms with Gasteiger partial charge < -0.3 is 10.3 Å². The maximum Gasteiger partial charge on any atom is 0.0534 e. The summed E-state index contributed by atoms with van der Waals surface area (Å²) in [5.41, 5.74) is 11.6. The van der Waals surface area contributed by atoms with Crippen LogP contribution >= 0.6 is 11.6 Å². The molecule has 2 aromatic carbocycles. The van der Waals surface area contributed by atoms with E-state index in [9.17, 15) is 0 Å². The van der Waals surface area contributed by atoms with Crippen molar-refractivity contribution >= 4 is 11.6 Å². The number of nitrogens with zero attached hydrogens (tertiary/aromatic N) is 1. The first-order valence-electron chi connectivity index (χ1n) is 6.93. The Balaban J connectivity index is 2.22. The number of rotatable bonds is 3. The second-order valence-electron chi connectivity index (χ2n) is 5.02. The molecule has 3 heteroatoms. The van der Waals surface area contributed by atoms with E-state index in [-0.39, 0.29) is 0 Å². The second-order valence-corrected chi connectivity index (χ2v) is 5.46. The lowest BCUT2D eigenvalue weighted by Gasteiger charge is -2.12. The third kappa shape index (κ3) is 2.60. The summed E-state index contributed by atoms with van der Waals surface area (Å²) in [6.07, 6.45) is 0. The average Bonchev–Trinajstić information content (AvgIpc) is 2.85. The van der Waals surface area contributed by atoms with E-state index < -0.39 is 0 Å². The van der Waals surface area contributed by atoms with Crippen molar-refractivity contribution in [1.82, 2.24) is 4.57 Å². The summed E-state index contributed by atoms with van der Waals surface area (Å²) in [6.45, 7) is 2.64. The lowest BCUT2D eigenvalue weighted by Crippen LogP contribution is -2.01. The third-order valence-electron chi connectivity index (χ3n) is 3.73. The van der Waals surface area contributed by atoms with Gasteiger partial charge >= 0.3 is 0 Å². The SMILES string of the molecule is Cc1c(CN)cc(-c2ccc(Cl)cc2)n1-c1ccccc1. The fourth-order valence-corrected chi connectivity index (χ4v) is 2.73. The molecule has 0 spiro atoms. The van der Waals surface area contributed by atoms with Crippen LogP contribution in [0.3, 0.4) is 0 Å². The van der Waals surface area contributed by atoms with Gasteiger partial charge in [0.15, 0.2) is 0 Å². The molecule has 0 unspecified atom stereocenters. The average molecular weight is 297 g/mol. The van der Waals surface area contributed by atoms with E-state index in [0.717, 1.165) is 27.5 Å². The first kappa shape index (κ1) is 13.9. The van der Waals surface area contributed by atoms with Gasteiger partial charge in [-0.3, -0.25) is 0 Å². The summed E-state index contributed by atoms with van der Waals surface area (Å²) in [7, 11) is 0. The summed E-state index contributed by atoms with van der Waals surface area (Å²) >= 11 is 5.99. The van der Waals surface area contributed by atoms with E-state index in [2.05, 4.69) is 29.7 Å². The normalized spacial score (nSPS) is 10.8. The summed E-state index contributed by atoms with van der Waals surface area (Å²) in [5, 5.41) is 0.743. The molecule has 0 fully saturated rings. The molecule has 3 aromatic rings. The zero-order chi connectivity index (χ0) is 14.8. The molecule has 0 aliphatic heterocycles. The van der Waals surface area contributed by atoms with Crippen LogP contribution in [0.4, 0.5) is 0 Å². The van der Waals surface area contributed by atoms with Crippen molar-refractivity contribution in [3.8, 4) is 16.9 Å². The molecule has 0 amide bonds. The minimum Gasteiger partial charge on any atom is -0.326 e. The molecule has 106 valence electrons. The quantitative estimate of drug-likeness (QED) is 0.754. The molecular formula is C18H17ClN2. The Morgan fingerprint density at radius 3 is 2.29 bits per heavy atom. The highest BCUT2D eigenvalue weighted by Crippen LogP contribution is 2.30. The number of hydrogen-bond donors (Lipinski definition) is 1. The number of hydrogen-bond acceptors (Lipinski definition) is 1. The highest BCUT2D eigenvalue weighted by atomic mass is 35.5. The molecular weight excluding hydrogens is 280 g/mol. The van der Waals surface area contributed by atoms with Crippen molar-refractivity contribution in [2.24, 2.45) is 5.73 Å². The molecule has 0 saturated carbocycles. The van der Waals surface area contributed by atoms with Crippen LogP contribution in [0, 0.1) is 6.92 Å². The molecule has 0 bridgehead atoms. The Labute approximate surface area is 129 Å². The molecule has 21 heavy (non-hydrogen) atoms. The number of aromatic nitrogens is 1. The lowest BCUT2D eigenvalue weighted by molar-refractivity contribution is 0.975. The van der Waals surface area contributed by atoms with Crippen LogP contribution in [-0.2, 0) is 6.54 Å². The van der Waals surface area contributed by atoms with Crippen molar-refractivity contribution in [2.45, 2.75) is 13.5 Å². The predicted octanol–water partition coefficient (Wildman–Crippen LogP) is 4.56. The summed E-state index contributed by atoms with van der Waals surface area (Å²) in [5.74, 6) is 0. The Morgan fingerprint density at radius 1 is 1.00 bits per heavy atom. The highest BCUT2D eigenvalue weighted by Gasteiger charge is 2.13. The molecule has 2 nitrogen and oxygen atoms in total. The van der Waals surface area contributed by atoms with Gasteiger partial charge in [0.05, 0.1) is 5.69 Å². The van der Waals surface area contributed by atoms with E-state index in [4.69, 9.17) is 17.3 Å². The van der Waals surface area contributed by atoms with Gasteiger partial charge in [-0.1, -0.05) is 41.9 Å². The first-order valence-corrected chi connectivity index (χ1v) is 7.31. The Kier molecular flexibility index (Phi) is 3.82. The molecule has 1 heterocycles. The van der Waals surface area contributed by atoms with Crippen LogP contribution < -0.4 is 5.73 Å². The minimum atomic E-state index is 0.534. The van der Waals surface area contributed by atoms with Crippen molar-refractivity contribution in [3.05, 3.63) is 76.9 Å². The zero-order valence-corrected chi connectivity index (χ0v) is 12.6. The number of para-hydroxylation sites is 1. The van der Waals surface area contributed by atoms with Gasteiger partial charge in [-0.15, -0.1) is 0 Å². The summed E-state index contributed by atoms with van der Waals surface area (Å²) < 4.78 is 2.24. The minimum absolute atomic E-state index is 0.534. The molecule has 0 saturated heterocycles. The number of benzene rings is 2. The molecule has 0 aliphatic rings. The topological polar surface area (TPSA) is 30.9 Å². The molecule has 0 aliphatic carbocycles. The van der Waals surface area contributed by atoms with Crippen LogP contribution in [0.5, 0.6) is 0 Å². The van der Waals surface area contributed by atoms with E-state index in [0.29, 0.717) is 6.54 Å². The van der Waals surface area contributed by atoms with Gasteiger partial charge in [-0.25, -0.2) is 0 Å². The van der Waals surface area contributed by atoms with E-state index in [1.165, 1.54) is 5.69 Å². The van der Waals surface area contributed by atoms with Crippen LogP contribution in [0.25, 0.3) is 16.9 Å². The third-order valence-corrected chi connectivity index (χ3v) is 3.98. The van der Waals surface area contributed by atoms with E-state index >= 15 is 0 Å². The van der Waals surface area contributed by atoms with Gasteiger partial charge in [-0.2, -0.15) is 0 Å². The van der Waals surface area contributed by atoms with Gasteiger partial charge in [0, 0.05) is 22.9 Å². The zero-order valence-electron chi connectivity index (χ0n) is 11.9. The smallest absolute Gasteiger partial charge is 0.0534 e. The lowest BCUT2D eigenvalue weighted by atomic mass is 10.1. The fourth-order valence-electron chi connectivity index (χ4n) is 2.61. The van der Waals surface area contributed by atoms with Crippen molar-refractivity contribution in [1.29, 1.82) is 0 Å². The molecule has 2 N–H and O–H groups in total. The van der Waals surface area contributed by atoms with Gasteiger partial charge in [0.25, 0.3) is 0 Å². The largest absolute Gasteiger partial charge is 0.326 e. The molecule has 0 atom stereocenters. The van der Waals surface area contributed by atoms with Crippen LogP contribution in [0.2, 0.25) is 5.02 Å². The van der Waals surface area contributed by atoms with Crippen molar-refractivity contribution < 1.29 is 0 Å². The van der Waals surface area contributed by atoms with Crippen LogP contribution in [0.15, 0.2) is 60.7 Å². The van der Waals surface area contributed by atoms with E-state index in [1.807, 2.05) is 42.5 Å². The van der Waals surface area contributed by atoms with Crippen molar-refractivity contribution in [3.63, 3.8) is 0 Å². The van der Waals surface area contributed by atoms with E-state index in [1.54, 1.807) is 0 Å². The van der Waals surface area contributed by atoms with Crippen LogP contribution in [-0.4, -0.2) is 4.57 Å². The second kappa shape index (κ2) is 5.76. The predicted molar refractivity (Wildman–Crippen MR) is 88.8 cm³/mol. The Bertz CT molecular complexity index is 743. The van der Waals surface area contributed by atoms with Gasteiger partial charge in [0.2, 0.25) is 0 Å². The highest BCUT2D eigenvalue weighted by molar-refractivity contribution is 6.30. The summed E-state index contributed by atoms with van der Waals surface area (Å²) in [6, 6.07) is 20.4. The molecule has 0 radical (unpaired) electrons. The summed E-state index contributed by atoms with van der Waals surface area (Å²) in [4.78, 5) is 0. The molecule has 1 aromatic heterocycles. The van der Waals surface area contributed by atoms with Gasteiger partial charge in [0.1, 0.15) is 0 Å². The number of nitrogens with two attached hydrogens (primary N) is 1. The van der Waals surface area contributed by atoms with Crippen LogP contribution in [0.1, 0.15) is 11.3 Å². The number of halogens is 1. The van der Waals surface area contributed by atoms with Crippen molar-refractivity contribution in [2.75, 3.05) is 0 Å². The monoisotopic (exact) mass is 296 g/mol. The first-order chi connectivity index (χ1) is 10.2. The molecule has 3 rings (SSSR count). The Morgan fingerprint density at radius 2 is 1.67 bits per heavy atom. The maximum atomic E-state index is 5.99. The standard InChI is InChI=1S/C18H17ClN2/c1-13-15(12-20)11-18(14-7-9-16(19)10-8-14)21(13)17-5-3-2-4-6-17/h2-11H,12,20H2,1H3. The van der Waals surface area contributed by atoms with Gasteiger partial charge in [-0.05, 0) is 48.4 Å². The Hall–Kier alpha value is -2.03. The maximum absolute atomic E-state index is 5.99. The fraction of sp³-hybridized carbons (Fsp3) is 0.111.